The number of ketones is 1. The van der Waals surface area contributed by atoms with Crippen LogP contribution in [0.5, 0.6) is 0 Å². The Morgan fingerprint density at radius 3 is 2.53 bits per heavy atom. The van der Waals surface area contributed by atoms with Crippen LogP contribution in [0, 0.1) is 47.3 Å². The molecular weight excluding hydrogens is 456 g/mol. The van der Waals surface area contributed by atoms with Crippen LogP contribution in [0.2, 0.25) is 0 Å². The molecule has 2 amide bonds. The van der Waals surface area contributed by atoms with Crippen molar-refractivity contribution in [3.63, 3.8) is 0 Å². The van der Waals surface area contributed by atoms with E-state index in [4.69, 9.17) is 0 Å². The highest BCUT2D eigenvalue weighted by Crippen LogP contribution is 2.59. The summed E-state index contributed by atoms with van der Waals surface area (Å²) in [7, 11) is 0. The van der Waals surface area contributed by atoms with Gasteiger partial charge in [-0.2, -0.15) is 0 Å². The molecule has 10 atom stereocenters. The van der Waals surface area contributed by atoms with Crippen molar-refractivity contribution in [2.45, 2.75) is 58.1 Å². The summed E-state index contributed by atoms with van der Waals surface area (Å²) in [5.74, 6) is 2.24. The van der Waals surface area contributed by atoms with Crippen molar-refractivity contribution >= 4 is 17.6 Å². The summed E-state index contributed by atoms with van der Waals surface area (Å²) in [6.07, 6.45) is 14.9. The van der Waals surface area contributed by atoms with Crippen molar-refractivity contribution in [1.29, 1.82) is 0 Å². The molecular formula is C29H38N2O5. The second-order valence-corrected chi connectivity index (χ2v) is 11.4. The third kappa shape index (κ3) is 4.36. The van der Waals surface area contributed by atoms with Crippen LogP contribution >= 0.6 is 0 Å². The maximum atomic E-state index is 12.8. The van der Waals surface area contributed by atoms with Crippen LogP contribution in [0.15, 0.2) is 47.8 Å². The Hall–Kier alpha value is -2.67. The van der Waals surface area contributed by atoms with Crippen LogP contribution in [0.25, 0.3) is 0 Å². The number of hydrogen-bond donors (Lipinski definition) is 4. The number of Topliss-reactive ketones (excluding diaryl/α,β-unsaturated/α-hetero) is 1. The van der Waals surface area contributed by atoms with Crippen LogP contribution < -0.4 is 10.6 Å². The molecule has 0 unspecified atom stereocenters. The molecule has 2 heterocycles. The molecule has 0 aromatic carbocycles. The Morgan fingerprint density at radius 2 is 1.75 bits per heavy atom. The lowest BCUT2D eigenvalue weighted by molar-refractivity contribution is -0.118. The molecule has 5 rings (SSSR count). The summed E-state index contributed by atoms with van der Waals surface area (Å²) in [6, 6.07) is -1.12. The monoisotopic (exact) mass is 494 g/mol. The molecule has 36 heavy (non-hydrogen) atoms. The van der Waals surface area contributed by atoms with E-state index in [-0.39, 0.29) is 42.0 Å². The standard InChI is InChI=1S/C29H38N2O5/c1-3-17-15(2)13-21-19(17)8-9-20-18-5-4-6-25(34)30-12-11-24(33)27-28(35)26(29(36)31-27)23(32)10-7-16(18)14-22(20)21/h4,6-10,15-22,24,27,32-33H,3,5,11-14H2,1-2H3,(H,30,34)(H,31,36)/b6-4-,10-7-,26-23-/t15-,16-,17-,18+,19+,20-,21+,22+,24+,27+/m1/s1. The van der Waals surface area contributed by atoms with Gasteiger partial charge in [-0.15, -0.1) is 0 Å². The molecule has 194 valence electrons. The highest BCUT2D eigenvalue weighted by molar-refractivity contribution is 6.27. The fourth-order valence-electron chi connectivity index (χ4n) is 7.94. The first-order chi connectivity index (χ1) is 17.3. The molecule has 1 saturated heterocycles. The lowest BCUT2D eigenvalue weighted by atomic mass is 9.69. The van der Waals surface area contributed by atoms with Crippen LogP contribution in [-0.4, -0.2) is 46.5 Å². The molecule has 5 aliphatic rings. The molecule has 0 aromatic rings. The summed E-state index contributed by atoms with van der Waals surface area (Å²) in [5.41, 5.74) is -0.298. The number of fused-ring (bicyclic) bond motifs is 7. The third-order valence-electron chi connectivity index (χ3n) is 9.63. The summed E-state index contributed by atoms with van der Waals surface area (Å²) in [4.78, 5) is 37.7. The first-order valence-electron chi connectivity index (χ1n) is 13.6. The lowest BCUT2D eigenvalue weighted by Crippen LogP contribution is -2.42. The van der Waals surface area contributed by atoms with Crippen LogP contribution in [0.1, 0.15) is 46.0 Å². The van der Waals surface area contributed by atoms with E-state index in [1.165, 1.54) is 18.9 Å². The fraction of sp³-hybridized carbons (Fsp3) is 0.621. The van der Waals surface area contributed by atoms with Gasteiger partial charge in [0.25, 0.3) is 5.91 Å². The molecule has 0 spiro atoms. The molecule has 2 aliphatic heterocycles. The Balaban J connectivity index is 1.47. The molecule has 0 aromatic heterocycles. The molecule has 7 nitrogen and oxygen atoms in total. The Morgan fingerprint density at radius 1 is 1.00 bits per heavy atom. The highest BCUT2D eigenvalue weighted by atomic mass is 16.3. The van der Waals surface area contributed by atoms with Crippen molar-refractivity contribution in [1.82, 2.24) is 10.6 Å². The zero-order chi connectivity index (χ0) is 25.6. The lowest BCUT2D eigenvalue weighted by Gasteiger charge is -2.35. The highest BCUT2D eigenvalue weighted by Gasteiger charge is 2.52. The zero-order valence-electron chi connectivity index (χ0n) is 21.1. The summed E-state index contributed by atoms with van der Waals surface area (Å²) in [5, 5.41) is 26.4. The zero-order valence-corrected chi connectivity index (χ0v) is 21.1. The van der Waals surface area contributed by atoms with Crippen LogP contribution in [-0.2, 0) is 14.4 Å². The molecule has 7 heteroatoms. The average Bonchev–Trinajstić information content (AvgIpc) is 3.46. The van der Waals surface area contributed by atoms with Gasteiger partial charge in [-0.3, -0.25) is 14.4 Å². The number of aliphatic hydroxyl groups excluding tert-OH is 2. The first kappa shape index (κ1) is 25.0. The van der Waals surface area contributed by atoms with Gasteiger partial charge >= 0.3 is 0 Å². The van der Waals surface area contributed by atoms with Gasteiger partial charge in [-0.1, -0.05) is 44.6 Å². The average molecular weight is 495 g/mol. The van der Waals surface area contributed by atoms with Gasteiger partial charge < -0.3 is 20.8 Å². The van der Waals surface area contributed by atoms with Gasteiger partial charge in [0.05, 0.1) is 6.10 Å². The van der Waals surface area contributed by atoms with Gasteiger partial charge in [0, 0.05) is 6.54 Å². The molecule has 2 bridgehead atoms. The van der Waals surface area contributed by atoms with E-state index in [0.29, 0.717) is 29.6 Å². The van der Waals surface area contributed by atoms with E-state index in [1.807, 2.05) is 12.2 Å². The van der Waals surface area contributed by atoms with Crippen molar-refractivity contribution in [3.05, 3.63) is 47.8 Å². The number of carbonyl (C=O) groups is 3. The molecule has 3 fully saturated rings. The fourth-order valence-corrected chi connectivity index (χ4v) is 7.94. The van der Waals surface area contributed by atoms with E-state index >= 15 is 0 Å². The SMILES string of the molecule is CC[C@H]1[C@@H]2C=C[C@@H]3[C@H]4C/C=C\C(=O)NCC[C@H](O)[C@@H]5NC(=O)/C(=C(O)/C=C\[C@@H]4C[C@@H]3[C@H]2C[C@H]1C)C5=O. The number of allylic oxidation sites excluding steroid dienone is 5. The van der Waals surface area contributed by atoms with Crippen LogP contribution in [0.3, 0.4) is 0 Å². The van der Waals surface area contributed by atoms with Crippen molar-refractivity contribution in [3.8, 4) is 0 Å². The minimum absolute atomic E-state index is 0.110. The van der Waals surface area contributed by atoms with Crippen molar-refractivity contribution in [2.24, 2.45) is 47.3 Å². The number of nitrogens with one attached hydrogen (secondary N) is 2. The van der Waals surface area contributed by atoms with Crippen molar-refractivity contribution < 1.29 is 24.6 Å². The van der Waals surface area contributed by atoms with Gasteiger partial charge in [-0.05, 0) is 85.2 Å². The van der Waals surface area contributed by atoms with E-state index in [1.54, 1.807) is 6.08 Å². The maximum absolute atomic E-state index is 12.8. The number of hydrogen-bond acceptors (Lipinski definition) is 5. The third-order valence-corrected chi connectivity index (χ3v) is 9.63. The normalized spacial score (nSPS) is 46.5. The largest absolute Gasteiger partial charge is 0.507 e. The predicted octanol–water partition coefficient (Wildman–Crippen LogP) is 2.99. The molecule has 2 saturated carbocycles. The Kier molecular flexibility index (Phi) is 6.95. The number of aliphatic hydroxyl groups is 2. The summed E-state index contributed by atoms with van der Waals surface area (Å²) in [6.45, 7) is 4.85. The van der Waals surface area contributed by atoms with Gasteiger partial charge in [-0.25, -0.2) is 0 Å². The quantitative estimate of drug-likeness (QED) is 0.330. The Labute approximate surface area is 212 Å². The van der Waals surface area contributed by atoms with E-state index in [0.717, 1.165) is 18.8 Å². The topological polar surface area (TPSA) is 116 Å². The second-order valence-electron chi connectivity index (χ2n) is 11.4. The smallest absolute Gasteiger partial charge is 0.259 e. The molecule has 3 aliphatic carbocycles. The van der Waals surface area contributed by atoms with Crippen LogP contribution in [0.4, 0.5) is 0 Å². The van der Waals surface area contributed by atoms with Gasteiger partial charge in [0.1, 0.15) is 17.4 Å². The maximum Gasteiger partial charge on any atom is 0.259 e. The van der Waals surface area contributed by atoms with E-state index < -0.39 is 23.8 Å². The van der Waals surface area contributed by atoms with Gasteiger partial charge in [0.2, 0.25) is 5.91 Å². The van der Waals surface area contributed by atoms with Gasteiger partial charge in [0.15, 0.2) is 5.78 Å². The van der Waals surface area contributed by atoms with E-state index in [2.05, 4.69) is 36.6 Å². The number of amides is 2. The minimum Gasteiger partial charge on any atom is -0.507 e. The second kappa shape index (κ2) is 10.0. The molecule has 0 radical (unpaired) electrons. The predicted molar refractivity (Wildman–Crippen MR) is 135 cm³/mol. The Bertz CT molecular complexity index is 1040. The van der Waals surface area contributed by atoms with E-state index in [9.17, 15) is 24.6 Å². The van der Waals surface area contributed by atoms with Crippen molar-refractivity contribution in [2.75, 3.05) is 6.54 Å². The summed E-state index contributed by atoms with van der Waals surface area (Å²) < 4.78 is 0. The molecule has 4 N–H and O–H groups in total. The number of rotatable bonds is 1. The number of carbonyl (C=O) groups excluding carboxylic acids is 3. The minimum atomic E-state index is -1.16. The summed E-state index contributed by atoms with van der Waals surface area (Å²) >= 11 is 0. The first-order valence-corrected chi connectivity index (χ1v) is 13.6.